The maximum Gasteiger partial charge on any atom is 0.312 e. The molecule has 1 heterocycles. The van der Waals surface area contributed by atoms with Crippen LogP contribution in [0.5, 0.6) is 0 Å². The predicted octanol–water partition coefficient (Wildman–Crippen LogP) is 2.10. The van der Waals surface area contributed by atoms with Gasteiger partial charge in [-0.25, -0.2) is 0 Å². The van der Waals surface area contributed by atoms with E-state index in [0.29, 0.717) is 32.2 Å². The molecule has 6 nitrogen and oxygen atoms in total. The number of hydrogen-bond donors (Lipinski definition) is 1. The van der Waals surface area contributed by atoms with Crippen LogP contribution in [0.1, 0.15) is 51.4 Å². The fourth-order valence-electron chi connectivity index (χ4n) is 4.81. The van der Waals surface area contributed by atoms with Crippen molar-refractivity contribution in [1.29, 1.82) is 0 Å². The highest BCUT2D eigenvalue weighted by molar-refractivity contribution is 5.94. The molecule has 0 aromatic carbocycles. The summed E-state index contributed by atoms with van der Waals surface area (Å²) in [5.74, 6) is -1.31. The summed E-state index contributed by atoms with van der Waals surface area (Å²) in [6.07, 6.45) is 8.47. The van der Waals surface area contributed by atoms with Gasteiger partial charge in [-0.05, 0) is 50.9 Å². The van der Waals surface area contributed by atoms with Gasteiger partial charge in [-0.1, -0.05) is 12.2 Å². The molecule has 2 saturated carbocycles. The minimum absolute atomic E-state index is 0.00711. The van der Waals surface area contributed by atoms with E-state index >= 15 is 0 Å². The van der Waals surface area contributed by atoms with Gasteiger partial charge in [-0.3, -0.25) is 14.4 Å². The number of rotatable bonds is 1. The molecule has 0 spiro atoms. The maximum absolute atomic E-state index is 13.2. The smallest absolute Gasteiger partial charge is 0.312 e. The van der Waals surface area contributed by atoms with E-state index in [4.69, 9.17) is 4.74 Å². The van der Waals surface area contributed by atoms with Crippen LogP contribution in [0.15, 0.2) is 12.2 Å². The Labute approximate surface area is 160 Å². The Bertz CT molecular complexity index is 630. The monoisotopic (exact) mass is 377 g/mol. The van der Waals surface area contributed by atoms with Crippen molar-refractivity contribution in [3.05, 3.63) is 12.2 Å². The van der Waals surface area contributed by atoms with E-state index in [-0.39, 0.29) is 30.0 Å². The Balaban J connectivity index is 1.87. The summed E-state index contributed by atoms with van der Waals surface area (Å²) >= 11 is 0. The van der Waals surface area contributed by atoms with E-state index in [1.807, 2.05) is 0 Å². The number of aliphatic hydroxyl groups is 1. The normalized spacial score (nSPS) is 39.0. The highest BCUT2D eigenvalue weighted by Gasteiger charge is 2.61. The van der Waals surface area contributed by atoms with Crippen molar-refractivity contribution in [2.75, 3.05) is 20.7 Å². The van der Waals surface area contributed by atoms with Crippen molar-refractivity contribution < 1.29 is 24.2 Å². The van der Waals surface area contributed by atoms with Gasteiger partial charge in [-0.2, -0.15) is 0 Å². The van der Waals surface area contributed by atoms with Crippen LogP contribution in [0.25, 0.3) is 0 Å². The van der Waals surface area contributed by atoms with E-state index in [0.717, 1.165) is 19.3 Å². The van der Waals surface area contributed by atoms with Crippen LogP contribution < -0.4 is 0 Å². The zero-order chi connectivity index (χ0) is 19.6. The quantitative estimate of drug-likeness (QED) is 0.559. The number of fused-ring (bicyclic) bond motifs is 2. The molecule has 0 saturated heterocycles. The third kappa shape index (κ3) is 4.10. The molecule has 0 aromatic rings. The number of carbonyl (C=O) groups excluding carboxylic acids is 3. The van der Waals surface area contributed by atoms with Gasteiger partial charge in [0.05, 0.1) is 18.6 Å². The number of allylic oxidation sites excluding steroid dienone is 2. The molecule has 3 rings (SSSR count). The van der Waals surface area contributed by atoms with Crippen molar-refractivity contribution >= 4 is 17.7 Å². The Morgan fingerprint density at radius 3 is 2.78 bits per heavy atom. The second kappa shape index (κ2) is 8.13. The van der Waals surface area contributed by atoms with E-state index in [2.05, 4.69) is 12.2 Å². The fraction of sp³-hybridized carbons (Fsp3) is 0.762. The molecular weight excluding hydrogens is 346 g/mol. The molecule has 0 aromatic heterocycles. The Kier molecular flexibility index (Phi) is 6.04. The largest absolute Gasteiger partial charge is 0.469 e. The molecule has 5 atom stereocenters. The first-order valence-corrected chi connectivity index (χ1v) is 10.1. The first-order chi connectivity index (χ1) is 12.9. The first kappa shape index (κ1) is 20.1. The third-order valence-electron chi connectivity index (χ3n) is 6.63. The average molecular weight is 377 g/mol. The lowest BCUT2D eigenvalue weighted by molar-refractivity contribution is -0.151. The number of Topliss-reactive ketones (excluding diaryl/α,β-unsaturated/α-hetero) is 1. The molecule has 3 aliphatic rings. The third-order valence-corrected chi connectivity index (χ3v) is 6.63. The van der Waals surface area contributed by atoms with Crippen LogP contribution in [-0.2, 0) is 19.1 Å². The van der Waals surface area contributed by atoms with Gasteiger partial charge < -0.3 is 14.7 Å². The lowest BCUT2D eigenvalue weighted by Crippen LogP contribution is -2.44. The van der Waals surface area contributed by atoms with Gasteiger partial charge in [0.25, 0.3) is 0 Å². The molecule has 0 unspecified atom stereocenters. The van der Waals surface area contributed by atoms with Crippen LogP contribution in [0, 0.1) is 23.2 Å². The number of esters is 1. The van der Waals surface area contributed by atoms with Crippen molar-refractivity contribution in [3.63, 3.8) is 0 Å². The molecule has 1 aliphatic heterocycles. The summed E-state index contributed by atoms with van der Waals surface area (Å²) < 4.78 is 5.00. The first-order valence-electron chi connectivity index (χ1n) is 10.1. The summed E-state index contributed by atoms with van der Waals surface area (Å²) in [4.78, 5) is 40.3. The van der Waals surface area contributed by atoms with Gasteiger partial charge in [0.15, 0.2) is 0 Å². The summed E-state index contributed by atoms with van der Waals surface area (Å²) in [5, 5.41) is 10.1. The molecule has 27 heavy (non-hydrogen) atoms. The highest BCUT2D eigenvalue weighted by atomic mass is 16.5. The van der Waals surface area contributed by atoms with Crippen molar-refractivity contribution in [3.8, 4) is 0 Å². The topological polar surface area (TPSA) is 83.9 Å². The number of methoxy groups -OCH3 is 1. The molecule has 6 heteroatoms. The average Bonchev–Trinajstić information content (AvgIpc) is 3.35. The van der Waals surface area contributed by atoms with Crippen LogP contribution in [0.3, 0.4) is 0 Å². The number of hydrogen-bond acceptors (Lipinski definition) is 5. The molecule has 2 fully saturated rings. The standard InChI is InChI=1S/C21H31NO5/c1-22-10-6-4-3-5-7-14-12-21(14,20(26)27-2)13-18(24)17-11-15(23)8-9-16(17)19(22)25/h5,7,14-17,23H,3-4,6,8-13H2,1-2H3/b7-5-/t14-,15-,16-,17-,21-/m1/s1. The van der Waals surface area contributed by atoms with Gasteiger partial charge in [0.1, 0.15) is 5.78 Å². The second-order valence-electron chi connectivity index (χ2n) is 8.47. The van der Waals surface area contributed by atoms with Gasteiger partial charge in [0.2, 0.25) is 5.91 Å². The van der Waals surface area contributed by atoms with Crippen LogP contribution in [-0.4, -0.2) is 54.5 Å². The number of ether oxygens (including phenoxy) is 1. The molecule has 2 aliphatic carbocycles. The fourth-order valence-corrected chi connectivity index (χ4v) is 4.81. The predicted molar refractivity (Wildman–Crippen MR) is 99.6 cm³/mol. The highest BCUT2D eigenvalue weighted by Crippen LogP contribution is 2.58. The Morgan fingerprint density at radius 2 is 2.04 bits per heavy atom. The number of nitrogens with zero attached hydrogens (tertiary/aromatic N) is 1. The summed E-state index contributed by atoms with van der Waals surface area (Å²) in [5.41, 5.74) is -0.783. The SMILES string of the molecule is COC(=O)[C@]12CC(=O)[C@@H]3C[C@H](O)CC[C@H]3C(=O)N(C)CCCC/C=C\[C@@H]1C2. The Morgan fingerprint density at radius 1 is 1.26 bits per heavy atom. The molecule has 0 bridgehead atoms. The number of aliphatic hydroxyl groups excluding tert-OH is 1. The van der Waals surface area contributed by atoms with Crippen molar-refractivity contribution in [1.82, 2.24) is 4.90 Å². The van der Waals surface area contributed by atoms with Crippen molar-refractivity contribution in [2.24, 2.45) is 23.2 Å². The van der Waals surface area contributed by atoms with Crippen LogP contribution in [0.2, 0.25) is 0 Å². The van der Waals surface area contributed by atoms with Gasteiger partial charge >= 0.3 is 5.97 Å². The van der Waals surface area contributed by atoms with E-state index < -0.39 is 23.4 Å². The van der Waals surface area contributed by atoms with Crippen LogP contribution >= 0.6 is 0 Å². The van der Waals surface area contributed by atoms with E-state index in [9.17, 15) is 19.5 Å². The lowest BCUT2D eigenvalue weighted by atomic mass is 9.72. The minimum Gasteiger partial charge on any atom is -0.469 e. The second-order valence-corrected chi connectivity index (χ2v) is 8.47. The summed E-state index contributed by atoms with van der Waals surface area (Å²) in [6.45, 7) is 0.683. The summed E-state index contributed by atoms with van der Waals surface area (Å²) in [7, 11) is 3.15. The molecule has 0 radical (unpaired) electrons. The number of amides is 1. The number of ketones is 1. The zero-order valence-corrected chi connectivity index (χ0v) is 16.4. The van der Waals surface area contributed by atoms with Crippen LogP contribution in [0.4, 0.5) is 0 Å². The van der Waals surface area contributed by atoms with E-state index in [1.54, 1.807) is 11.9 Å². The van der Waals surface area contributed by atoms with Gasteiger partial charge in [0, 0.05) is 31.8 Å². The van der Waals surface area contributed by atoms with E-state index in [1.165, 1.54) is 7.11 Å². The molecular formula is C21H31NO5. The molecule has 150 valence electrons. The van der Waals surface area contributed by atoms with Crippen molar-refractivity contribution in [2.45, 2.75) is 57.5 Å². The lowest BCUT2D eigenvalue weighted by Gasteiger charge is -2.35. The minimum atomic E-state index is -0.783. The van der Waals surface area contributed by atoms with Gasteiger partial charge in [-0.15, -0.1) is 0 Å². The zero-order valence-electron chi connectivity index (χ0n) is 16.4. The molecule has 1 N–H and O–H groups in total. The summed E-state index contributed by atoms with van der Waals surface area (Å²) in [6, 6.07) is 0. The Hall–Kier alpha value is -1.69. The maximum atomic E-state index is 13.2. The molecule has 1 amide bonds. The number of carbonyl (C=O) groups is 3.